The molecule has 2 saturated heterocycles. The summed E-state index contributed by atoms with van der Waals surface area (Å²) in [5, 5.41) is 24.5. The van der Waals surface area contributed by atoms with E-state index in [-0.39, 0.29) is 31.0 Å². The molecule has 1 saturated carbocycles. The number of rotatable bonds is 3. The van der Waals surface area contributed by atoms with Crippen LogP contribution in [0.5, 0.6) is 0 Å². The van der Waals surface area contributed by atoms with Crippen molar-refractivity contribution in [2.75, 3.05) is 51.2 Å². The van der Waals surface area contributed by atoms with Crippen LogP contribution < -0.4 is 4.90 Å². The smallest absolute Gasteiger partial charge is 0.290 e. The lowest BCUT2D eigenvalue weighted by atomic mass is 9.77. The molecule has 0 unspecified atom stereocenters. The molecular weight excluding hydrogens is 468 g/mol. The number of carbonyl (C=O) groups excluding carboxylic acids is 1. The van der Waals surface area contributed by atoms with Crippen LogP contribution in [-0.2, 0) is 9.59 Å². The van der Waals surface area contributed by atoms with Crippen molar-refractivity contribution < 1.29 is 29.7 Å². The molecule has 12 nitrogen and oxygen atoms in total. The molecule has 0 radical (unpaired) electrons. The van der Waals surface area contributed by atoms with Crippen LogP contribution in [0, 0.1) is 11.8 Å². The number of carbonyl (C=O) groups is 3. The highest BCUT2D eigenvalue weighted by Gasteiger charge is 2.42. The summed E-state index contributed by atoms with van der Waals surface area (Å²) in [5.74, 6) is 1.94. The molecule has 3 N–H and O–H groups in total. The highest BCUT2D eigenvalue weighted by molar-refractivity contribution is 5.95. The molecule has 4 atom stereocenters. The first kappa shape index (κ1) is 27.1. The van der Waals surface area contributed by atoms with Crippen LogP contribution in [0.15, 0.2) is 37.1 Å². The van der Waals surface area contributed by atoms with Crippen molar-refractivity contribution in [3.05, 3.63) is 42.6 Å². The van der Waals surface area contributed by atoms with Gasteiger partial charge in [-0.3, -0.25) is 14.4 Å². The van der Waals surface area contributed by atoms with Crippen LogP contribution in [0.2, 0.25) is 0 Å². The number of aliphatic hydroxyl groups is 1. The quantitative estimate of drug-likeness (QED) is 0.506. The summed E-state index contributed by atoms with van der Waals surface area (Å²) in [6.07, 6.45) is 8.66. The Bertz CT molecular complexity index is 975. The number of piperazine rings is 1. The van der Waals surface area contributed by atoms with Crippen LogP contribution in [0.4, 0.5) is 5.82 Å². The van der Waals surface area contributed by atoms with E-state index in [1.807, 2.05) is 27.8 Å². The van der Waals surface area contributed by atoms with E-state index < -0.39 is 0 Å². The van der Waals surface area contributed by atoms with Crippen molar-refractivity contribution in [1.82, 2.24) is 24.3 Å². The van der Waals surface area contributed by atoms with E-state index in [2.05, 4.69) is 26.8 Å². The number of carboxylic acid groups (broad SMARTS) is 2. The zero-order valence-electron chi connectivity index (χ0n) is 20.3. The first-order valence-corrected chi connectivity index (χ1v) is 11.9. The average Bonchev–Trinajstić information content (AvgIpc) is 3.55. The van der Waals surface area contributed by atoms with E-state index in [1.165, 1.54) is 0 Å². The van der Waals surface area contributed by atoms with E-state index in [1.54, 1.807) is 18.7 Å². The molecule has 196 valence electrons. The van der Waals surface area contributed by atoms with Crippen LogP contribution in [0.3, 0.4) is 0 Å². The van der Waals surface area contributed by atoms with Gasteiger partial charge in [-0.2, -0.15) is 0 Å². The normalized spacial score (nSPS) is 25.5. The van der Waals surface area contributed by atoms with Crippen molar-refractivity contribution in [3.63, 3.8) is 0 Å². The minimum absolute atomic E-state index is 0.0896. The summed E-state index contributed by atoms with van der Waals surface area (Å²) in [4.78, 5) is 44.9. The van der Waals surface area contributed by atoms with Crippen molar-refractivity contribution in [2.24, 2.45) is 11.8 Å². The van der Waals surface area contributed by atoms with Gasteiger partial charge in [0.15, 0.2) is 0 Å². The molecule has 1 amide bonds. The van der Waals surface area contributed by atoms with Gasteiger partial charge in [-0.1, -0.05) is 0 Å². The minimum atomic E-state index is -0.349. The third kappa shape index (κ3) is 6.58. The van der Waals surface area contributed by atoms with Crippen LogP contribution in [0.25, 0.3) is 0 Å². The predicted molar refractivity (Wildman–Crippen MR) is 131 cm³/mol. The molecule has 3 fully saturated rings. The molecule has 2 aromatic rings. The van der Waals surface area contributed by atoms with Gasteiger partial charge in [0.1, 0.15) is 5.82 Å². The number of hydrogen-bond acceptors (Lipinski definition) is 8. The fourth-order valence-corrected chi connectivity index (χ4v) is 5.30. The number of aromatic nitrogens is 3. The zero-order chi connectivity index (χ0) is 26.1. The largest absolute Gasteiger partial charge is 0.483 e. The number of anilines is 1. The molecule has 36 heavy (non-hydrogen) atoms. The van der Waals surface area contributed by atoms with Gasteiger partial charge in [0, 0.05) is 63.4 Å². The summed E-state index contributed by atoms with van der Waals surface area (Å²) < 4.78 is 2.04. The molecule has 2 aliphatic heterocycles. The Hall–Kier alpha value is -3.51. The molecule has 5 rings (SSSR count). The van der Waals surface area contributed by atoms with Gasteiger partial charge < -0.3 is 34.6 Å². The van der Waals surface area contributed by atoms with Crippen molar-refractivity contribution in [3.8, 4) is 0 Å². The maximum absolute atomic E-state index is 13.0. The maximum atomic E-state index is 13.0. The van der Waals surface area contributed by atoms with Crippen LogP contribution in [0.1, 0.15) is 29.2 Å². The Morgan fingerprint density at radius 2 is 1.67 bits per heavy atom. The lowest BCUT2D eigenvalue weighted by Crippen LogP contribution is -2.47. The van der Waals surface area contributed by atoms with Crippen molar-refractivity contribution in [1.29, 1.82) is 0 Å². The summed E-state index contributed by atoms with van der Waals surface area (Å²) in [7, 11) is 2.09. The molecular formula is C24H34N6O6. The van der Waals surface area contributed by atoms with Crippen molar-refractivity contribution >= 4 is 24.7 Å². The van der Waals surface area contributed by atoms with E-state index in [4.69, 9.17) is 19.8 Å². The molecule has 0 aromatic carbocycles. The highest BCUT2D eigenvalue weighted by Crippen LogP contribution is 2.42. The van der Waals surface area contributed by atoms with Gasteiger partial charge >= 0.3 is 0 Å². The monoisotopic (exact) mass is 502 g/mol. The molecule has 3 aliphatic rings. The van der Waals surface area contributed by atoms with Gasteiger partial charge in [-0.15, -0.1) is 0 Å². The zero-order valence-corrected chi connectivity index (χ0v) is 20.3. The van der Waals surface area contributed by atoms with Gasteiger partial charge in [0.05, 0.1) is 18.5 Å². The van der Waals surface area contributed by atoms with E-state index in [0.717, 1.165) is 63.5 Å². The number of pyridine rings is 1. The Morgan fingerprint density at radius 1 is 1.03 bits per heavy atom. The number of likely N-dealkylation sites (N-methyl/N-ethyl adjacent to an activating group) is 1. The Kier molecular flexibility index (Phi) is 9.77. The number of aliphatic hydroxyl groups excluding tert-OH is 1. The van der Waals surface area contributed by atoms with Crippen LogP contribution in [-0.4, -0.2) is 111 Å². The molecule has 12 heteroatoms. The summed E-state index contributed by atoms with van der Waals surface area (Å²) in [5.41, 5.74) is 0.718. The Morgan fingerprint density at radius 3 is 2.28 bits per heavy atom. The predicted octanol–water partition coefficient (Wildman–Crippen LogP) is 0.516. The standard InChI is InChI=1S/C22H30N6O2.2CH2O2/c1-25-6-8-26(9-7-25)22(30)16-2-3-24-21(12-16)28-13-17-10-19(27-5-4-23-15-27)20(29)11-18(17)14-28;2*2-1-3/h2-5,12,15,17-20,29H,6-11,13-14H2,1H3;2*1H,(H,2,3)/t17-,18+,19-,20-;;/m1../s1. The molecule has 2 aromatic heterocycles. The lowest BCUT2D eigenvalue weighted by molar-refractivity contribution is -0.123. The minimum Gasteiger partial charge on any atom is -0.483 e. The molecule has 0 bridgehead atoms. The fraction of sp³-hybridized carbons (Fsp3) is 0.542. The molecule has 1 aliphatic carbocycles. The van der Waals surface area contributed by atoms with Gasteiger partial charge in [-0.05, 0) is 43.9 Å². The topological polar surface area (TPSA) is 152 Å². The van der Waals surface area contributed by atoms with Crippen molar-refractivity contribution in [2.45, 2.75) is 25.0 Å². The number of nitrogens with zero attached hydrogens (tertiary/aromatic N) is 6. The third-order valence-electron chi connectivity index (χ3n) is 7.12. The summed E-state index contributed by atoms with van der Waals surface area (Å²) in [6.45, 7) is 4.68. The van der Waals surface area contributed by atoms with Gasteiger partial charge in [0.2, 0.25) is 0 Å². The highest BCUT2D eigenvalue weighted by atomic mass is 16.3. The first-order chi connectivity index (χ1) is 17.4. The molecule has 4 heterocycles. The summed E-state index contributed by atoms with van der Waals surface area (Å²) in [6, 6.07) is 3.86. The second kappa shape index (κ2) is 13.0. The van der Waals surface area contributed by atoms with E-state index in [0.29, 0.717) is 11.8 Å². The number of amides is 1. The van der Waals surface area contributed by atoms with Gasteiger partial charge in [-0.25, -0.2) is 9.97 Å². The average molecular weight is 503 g/mol. The third-order valence-corrected chi connectivity index (χ3v) is 7.12. The van der Waals surface area contributed by atoms with Gasteiger partial charge in [0.25, 0.3) is 18.9 Å². The fourth-order valence-electron chi connectivity index (χ4n) is 5.30. The number of fused-ring (bicyclic) bond motifs is 1. The first-order valence-electron chi connectivity index (χ1n) is 11.9. The molecule has 0 spiro atoms. The maximum Gasteiger partial charge on any atom is 0.290 e. The Labute approximate surface area is 209 Å². The SMILES string of the molecule is CN1CCN(C(=O)c2ccnc(N3C[C@H]4C[C@@H](n5ccnc5)[C@H](O)C[C@H]4C3)c2)CC1.O=CO.O=CO. The van der Waals surface area contributed by atoms with E-state index in [9.17, 15) is 9.90 Å². The van der Waals surface area contributed by atoms with Crippen LogP contribution >= 0.6 is 0 Å². The number of imidazole rings is 1. The summed E-state index contributed by atoms with van der Waals surface area (Å²) >= 11 is 0. The number of hydrogen-bond donors (Lipinski definition) is 3. The Balaban J connectivity index is 0.000000550. The second-order valence-electron chi connectivity index (χ2n) is 9.25. The lowest BCUT2D eigenvalue weighted by Gasteiger charge is -2.35. The second-order valence-corrected chi connectivity index (χ2v) is 9.25. The van der Waals surface area contributed by atoms with E-state index >= 15 is 0 Å².